The molecule has 0 aromatic rings. The third kappa shape index (κ3) is 3.80. The Balaban J connectivity index is 6.29. The normalized spacial score (nSPS) is 16.6. The lowest BCUT2D eigenvalue weighted by Crippen LogP contribution is -2.65. The van der Waals surface area contributed by atoms with Crippen LogP contribution in [0.2, 0.25) is 0 Å². The maximum absolute atomic E-state index is 13.0. The number of hydrogen-bond donors (Lipinski definition) is 1. The molecule has 27 heavy (non-hydrogen) atoms. The molecule has 0 atom stereocenters. The van der Waals surface area contributed by atoms with Gasteiger partial charge in [-0.15, -0.1) is 0 Å². The second-order valence-electron chi connectivity index (χ2n) is 4.31. The minimum absolute atomic E-state index is 1.32. The van der Waals surface area contributed by atoms with Crippen LogP contribution in [0.5, 0.6) is 0 Å². The summed E-state index contributed by atoms with van der Waals surface area (Å²) in [6.07, 6.45) is -17.3. The molecule has 0 aliphatic carbocycles. The van der Waals surface area contributed by atoms with Crippen LogP contribution in [-0.4, -0.2) is 48.2 Å². The Morgan fingerprint density at radius 1 is 0.778 bits per heavy atom. The second kappa shape index (κ2) is 6.61. The van der Waals surface area contributed by atoms with Crippen LogP contribution in [-0.2, 0) is 14.9 Å². The van der Waals surface area contributed by atoms with E-state index in [1.54, 1.807) is 0 Å². The fraction of sp³-hybridized carbons (Fsp3) is 0.750. The summed E-state index contributed by atoms with van der Waals surface area (Å²) in [4.78, 5) is 0. The van der Waals surface area contributed by atoms with Crippen LogP contribution in [0.1, 0.15) is 0 Å². The number of halogens is 14. The molecule has 162 valence electrons. The molecule has 0 heterocycles. The predicted octanol–water partition coefficient (Wildman–Crippen LogP) is 4.36. The molecule has 0 amide bonds. The van der Waals surface area contributed by atoms with Crippen LogP contribution in [0.4, 0.5) is 61.5 Å². The lowest BCUT2D eigenvalue weighted by molar-refractivity contribution is -0.487. The van der Waals surface area contributed by atoms with E-state index in [1.807, 2.05) is 0 Å². The van der Waals surface area contributed by atoms with E-state index < -0.39 is 57.5 Å². The zero-order valence-electron chi connectivity index (χ0n) is 11.4. The molecule has 0 aromatic carbocycles. The van der Waals surface area contributed by atoms with Crippen molar-refractivity contribution in [1.29, 1.82) is 0 Å². The van der Waals surface area contributed by atoms with E-state index in [0.29, 0.717) is 0 Å². The van der Waals surface area contributed by atoms with E-state index in [9.17, 15) is 69.9 Å². The average Bonchev–Trinajstić information content (AvgIpc) is 2.42. The van der Waals surface area contributed by atoms with Crippen molar-refractivity contribution in [3.8, 4) is 0 Å². The summed E-state index contributed by atoms with van der Waals surface area (Å²) in [6, 6.07) is 0. The van der Waals surface area contributed by atoms with Crippen LogP contribution in [0, 0.1) is 0 Å². The molecule has 0 fully saturated rings. The lowest BCUT2D eigenvalue weighted by atomic mass is 10.0. The summed E-state index contributed by atoms with van der Waals surface area (Å²) >= 11 is 0. The molecule has 4 nitrogen and oxygen atoms in total. The monoisotopic (exact) mass is 460 g/mol. The van der Waals surface area contributed by atoms with Gasteiger partial charge in [0.1, 0.15) is 6.33 Å². The van der Waals surface area contributed by atoms with Crippen molar-refractivity contribution in [1.82, 2.24) is 0 Å². The summed E-state index contributed by atoms with van der Waals surface area (Å²) < 4.78 is 206. The van der Waals surface area contributed by atoms with Gasteiger partial charge in [-0.1, -0.05) is 0 Å². The molecule has 0 aromatic heterocycles. The fourth-order valence-electron chi connectivity index (χ4n) is 1.03. The molecule has 0 spiro atoms. The number of hydrogen-bond acceptors (Lipinski definition) is 3. The third-order valence-corrected chi connectivity index (χ3v) is 3.35. The van der Waals surface area contributed by atoms with Crippen molar-refractivity contribution >= 4 is 10.1 Å². The maximum Gasteiger partial charge on any atom is 0.460 e. The fourth-order valence-corrected chi connectivity index (χ4v) is 1.38. The molecule has 0 bridgehead atoms. The lowest BCUT2D eigenvalue weighted by Gasteiger charge is -2.37. The zero-order valence-corrected chi connectivity index (χ0v) is 12.3. The molecule has 0 aliphatic rings. The highest BCUT2D eigenvalue weighted by molar-refractivity contribution is 7.86. The Kier molecular flexibility index (Phi) is 6.27. The van der Waals surface area contributed by atoms with Gasteiger partial charge in [0.15, 0.2) is 0 Å². The van der Waals surface area contributed by atoms with Crippen LogP contribution in [0.25, 0.3) is 0 Å². The largest absolute Gasteiger partial charge is 0.460 e. The van der Waals surface area contributed by atoms with Gasteiger partial charge in [-0.25, -0.2) is 13.5 Å². The van der Waals surface area contributed by atoms with Gasteiger partial charge in [-0.2, -0.15) is 61.1 Å². The van der Waals surface area contributed by atoms with E-state index in [2.05, 4.69) is 0 Å². The smallest absolute Gasteiger partial charge is 0.281 e. The second-order valence-corrected chi connectivity index (χ2v) is 5.77. The Morgan fingerprint density at radius 2 is 1.15 bits per heavy atom. The summed E-state index contributed by atoms with van der Waals surface area (Å²) in [6.45, 7) is 0. The minimum Gasteiger partial charge on any atom is -0.281 e. The first-order valence-corrected chi connectivity index (χ1v) is 6.78. The van der Waals surface area contributed by atoms with E-state index in [1.165, 1.54) is 4.74 Å². The van der Waals surface area contributed by atoms with Gasteiger partial charge in [0.2, 0.25) is 5.83 Å². The molecule has 0 saturated heterocycles. The number of allylic oxidation sites excluding steroid dienone is 1. The Bertz CT molecular complexity index is 696. The standard InChI is InChI=1S/C8H2F14O4S/c9-1-2(10)3(11,12)4(13,14)5(15,16)6(17,18)26-7(19,20)8(21,22)27(23,24)25/h1H,(H,23,24,25)/b2-1+. The molecule has 19 heteroatoms. The van der Waals surface area contributed by atoms with Crippen LogP contribution >= 0.6 is 0 Å². The van der Waals surface area contributed by atoms with Crippen molar-refractivity contribution in [2.24, 2.45) is 0 Å². The van der Waals surface area contributed by atoms with Gasteiger partial charge in [0.05, 0.1) is 0 Å². The van der Waals surface area contributed by atoms with Crippen molar-refractivity contribution in [2.45, 2.75) is 35.2 Å². The molecule has 0 aliphatic heterocycles. The summed E-state index contributed by atoms with van der Waals surface area (Å²) in [5.74, 6) is -27.0. The van der Waals surface area contributed by atoms with Gasteiger partial charge >= 0.3 is 45.4 Å². The molecule has 0 unspecified atom stereocenters. The molecule has 0 rings (SSSR count). The van der Waals surface area contributed by atoms with E-state index >= 15 is 0 Å². The molecule has 1 N–H and O–H groups in total. The van der Waals surface area contributed by atoms with Gasteiger partial charge in [-0.05, 0) is 0 Å². The zero-order chi connectivity index (χ0) is 22.5. The highest BCUT2D eigenvalue weighted by Crippen LogP contribution is 2.57. The van der Waals surface area contributed by atoms with Crippen LogP contribution in [0.15, 0.2) is 12.2 Å². The summed E-state index contributed by atoms with van der Waals surface area (Å²) in [5.41, 5.74) is 0. The van der Waals surface area contributed by atoms with Gasteiger partial charge < -0.3 is 0 Å². The minimum atomic E-state index is -7.97. The van der Waals surface area contributed by atoms with Gasteiger partial charge in [0, 0.05) is 0 Å². The molecule has 0 radical (unpaired) electrons. The average molecular weight is 460 g/mol. The van der Waals surface area contributed by atoms with Crippen molar-refractivity contribution in [3.05, 3.63) is 12.2 Å². The molecular formula is C8H2F14O4S. The van der Waals surface area contributed by atoms with E-state index in [0.717, 1.165) is 0 Å². The predicted molar refractivity (Wildman–Crippen MR) is 52.6 cm³/mol. The highest BCUT2D eigenvalue weighted by Gasteiger charge is 2.85. The van der Waals surface area contributed by atoms with Crippen LogP contribution < -0.4 is 0 Å². The van der Waals surface area contributed by atoms with Crippen molar-refractivity contribution in [3.63, 3.8) is 0 Å². The Labute approximate surface area is 138 Å². The number of alkyl halides is 12. The highest BCUT2D eigenvalue weighted by atomic mass is 32.2. The SMILES string of the molecule is O=S(=O)(O)C(F)(F)C(F)(F)OC(F)(F)C(F)(F)C(F)(F)C(F)(F)/C(F)=C\F. The first-order valence-electron chi connectivity index (χ1n) is 5.34. The van der Waals surface area contributed by atoms with E-state index in [-0.39, 0.29) is 0 Å². The van der Waals surface area contributed by atoms with Gasteiger partial charge in [0.25, 0.3) is 0 Å². The third-order valence-electron chi connectivity index (χ3n) is 2.47. The van der Waals surface area contributed by atoms with Crippen molar-refractivity contribution < 1.29 is 79.2 Å². The van der Waals surface area contributed by atoms with Gasteiger partial charge in [-0.3, -0.25) is 4.55 Å². The first-order chi connectivity index (χ1) is 11.4. The van der Waals surface area contributed by atoms with Crippen molar-refractivity contribution in [2.75, 3.05) is 0 Å². The van der Waals surface area contributed by atoms with E-state index in [4.69, 9.17) is 4.55 Å². The Hall–Kier alpha value is -1.37. The maximum atomic E-state index is 13.0. The summed E-state index contributed by atoms with van der Waals surface area (Å²) in [7, 11) is -7.40. The number of rotatable bonds is 8. The van der Waals surface area contributed by atoms with Crippen LogP contribution in [0.3, 0.4) is 0 Å². The molecule has 0 saturated carbocycles. The molecular weight excluding hydrogens is 458 g/mol. The Morgan fingerprint density at radius 3 is 1.44 bits per heavy atom. The first kappa shape index (κ1) is 25.6. The number of ether oxygens (including phenoxy) is 1. The topological polar surface area (TPSA) is 63.6 Å². The quantitative estimate of drug-likeness (QED) is 0.432. The summed E-state index contributed by atoms with van der Waals surface area (Å²) in [5, 5.41) is -7.17.